The van der Waals surface area contributed by atoms with E-state index in [0.717, 1.165) is 6.54 Å². The Morgan fingerprint density at radius 1 is 1.42 bits per heavy atom. The number of hydrogen-bond donors (Lipinski definition) is 2. The maximum Gasteiger partial charge on any atom is 0.282 e. The molecule has 1 amide bonds. The zero-order valence-electron chi connectivity index (χ0n) is 11.5. The van der Waals surface area contributed by atoms with E-state index in [1.165, 1.54) is 37.0 Å². The summed E-state index contributed by atoms with van der Waals surface area (Å²) in [5.74, 6) is -0.140. The highest BCUT2D eigenvalue weighted by atomic mass is 32.1. The third kappa shape index (κ3) is 3.87. The van der Waals surface area contributed by atoms with Crippen molar-refractivity contribution in [3.8, 4) is 0 Å². The number of carbonyl (C=O) groups is 1. The maximum atomic E-state index is 11.8. The van der Waals surface area contributed by atoms with E-state index in [0.29, 0.717) is 22.7 Å². The Bertz CT molecular complexity index is 416. The van der Waals surface area contributed by atoms with Gasteiger partial charge in [-0.05, 0) is 19.9 Å². The molecule has 0 saturated heterocycles. The average molecular weight is 283 g/mol. The van der Waals surface area contributed by atoms with Gasteiger partial charge in [-0.15, -0.1) is 10.2 Å². The van der Waals surface area contributed by atoms with Gasteiger partial charge in [0.05, 0.1) is 0 Å². The van der Waals surface area contributed by atoms with Gasteiger partial charge in [-0.2, -0.15) is 0 Å². The van der Waals surface area contributed by atoms with E-state index in [9.17, 15) is 4.79 Å². The minimum Gasteiger partial charge on any atom is -0.363 e. The topological polar surface area (TPSA) is 70.1 Å². The summed E-state index contributed by atoms with van der Waals surface area (Å²) in [5.41, 5.74) is 0. The summed E-state index contributed by atoms with van der Waals surface area (Å²) in [6.07, 6.45) is 5.23. The first kappa shape index (κ1) is 14.2. The minimum atomic E-state index is -0.140. The van der Waals surface area contributed by atoms with Crippen LogP contribution in [0.1, 0.15) is 35.5 Å². The lowest BCUT2D eigenvalue weighted by molar-refractivity contribution is 0.0946. The molecule has 2 rings (SSSR count). The quantitative estimate of drug-likeness (QED) is 0.820. The Balaban J connectivity index is 1.71. The molecule has 19 heavy (non-hydrogen) atoms. The number of aromatic nitrogens is 2. The summed E-state index contributed by atoms with van der Waals surface area (Å²) in [7, 11) is 3.89. The molecule has 1 aromatic rings. The number of likely N-dealkylation sites (N-methyl/N-ethyl adjacent to an activating group) is 1. The summed E-state index contributed by atoms with van der Waals surface area (Å²) in [4.78, 5) is 14.2. The van der Waals surface area contributed by atoms with E-state index in [-0.39, 0.29) is 5.91 Å². The van der Waals surface area contributed by atoms with Gasteiger partial charge in [0.25, 0.3) is 5.91 Å². The first-order valence-corrected chi connectivity index (χ1v) is 7.52. The Morgan fingerprint density at radius 3 is 2.79 bits per heavy atom. The van der Waals surface area contributed by atoms with Gasteiger partial charge < -0.3 is 15.5 Å². The van der Waals surface area contributed by atoms with Crippen molar-refractivity contribution in [2.24, 2.45) is 0 Å². The van der Waals surface area contributed by atoms with Crippen molar-refractivity contribution in [3.05, 3.63) is 5.01 Å². The van der Waals surface area contributed by atoms with Crippen LogP contribution in [-0.2, 0) is 0 Å². The highest BCUT2D eigenvalue weighted by Gasteiger charge is 2.19. The van der Waals surface area contributed by atoms with Crippen LogP contribution >= 0.6 is 11.3 Å². The molecular formula is C12H21N5OS. The number of rotatable bonds is 6. The molecule has 106 valence electrons. The first-order chi connectivity index (χ1) is 9.20. The second-order valence-corrected chi connectivity index (χ2v) is 5.81. The molecule has 1 heterocycles. The Labute approximate surface area is 117 Å². The highest BCUT2D eigenvalue weighted by molar-refractivity contribution is 7.17. The third-order valence-electron chi connectivity index (χ3n) is 3.53. The van der Waals surface area contributed by atoms with Gasteiger partial charge in [-0.3, -0.25) is 4.79 Å². The summed E-state index contributed by atoms with van der Waals surface area (Å²) < 4.78 is 0. The predicted molar refractivity (Wildman–Crippen MR) is 76.7 cm³/mol. The maximum absolute atomic E-state index is 11.8. The van der Waals surface area contributed by atoms with E-state index < -0.39 is 0 Å². The van der Waals surface area contributed by atoms with Crippen LogP contribution in [-0.4, -0.2) is 54.2 Å². The van der Waals surface area contributed by atoms with Crippen LogP contribution in [0.4, 0.5) is 5.13 Å². The Morgan fingerprint density at radius 2 is 2.16 bits per heavy atom. The average Bonchev–Trinajstić information content (AvgIpc) is 3.09. The molecule has 2 N–H and O–H groups in total. The fourth-order valence-corrected chi connectivity index (χ4v) is 2.98. The lowest BCUT2D eigenvalue weighted by atomic mass is 10.2. The largest absolute Gasteiger partial charge is 0.363 e. The van der Waals surface area contributed by atoms with E-state index in [1.54, 1.807) is 7.05 Å². The molecule has 1 aliphatic carbocycles. The van der Waals surface area contributed by atoms with Gasteiger partial charge in [0, 0.05) is 26.2 Å². The van der Waals surface area contributed by atoms with Gasteiger partial charge in [0.2, 0.25) is 10.1 Å². The molecule has 7 heteroatoms. The third-order valence-corrected chi connectivity index (χ3v) is 4.47. The van der Waals surface area contributed by atoms with E-state index in [1.807, 2.05) is 0 Å². The second kappa shape index (κ2) is 6.81. The Hall–Kier alpha value is -1.21. The van der Waals surface area contributed by atoms with E-state index in [4.69, 9.17) is 0 Å². The molecular weight excluding hydrogens is 262 g/mol. The smallest absolute Gasteiger partial charge is 0.282 e. The van der Waals surface area contributed by atoms with Crippen LogP contribution in [0, 0.1) is 0 Å². The molecule has 0 radical (unpaired) electrons. The number of nitrogens with one attached hydrogen (secondary N) is 2. The van der Waals surface area contributed by atoms with E-state index in [2.05, 4.69) is 32.8 Å². The van der Waals surface area contributed by atoms with Crippen molar-refractivity contribution in [2.45, 2.75) is 31.7 Å². The van der Waals surface area contributed by atoms with Crippen molar-refractivity contribution in [1.82, 2.24) is 20.4 Å². The van der Waals surface area contributed by atoms with Crippen molar-refractivity contribution in [3.63, 3.8) is 0 Å². The zero-order valence-corrected chi connectivity index (χ0v) is 12.3. The van der Waals surface area contributed by atoms with Crippen molar-refractivity contribution >= 4 is 22.4 Å². The molecule has 0 aromatic carbocycles. The first-order valence-electron chi connectivity index (χ1n) is 6.70. The van der Waals surface area contributed by atoms with Crippen LogP contribution < -0.4 is 10.6 Å². The van der Waals surface area contributed by atoms with E-state index >= 15 is 0 Å². The highest BCUT2D eigenvalue weighted by Crippen LogP contribution is 2.21. The summed E-state index contributed by atoms with van der Waals surface area (Å²) in [6, 6.07) is 0.689. The minimum absolute atomic E-state index is 0.140. The molecule has 6 nitrogen and oxygen atoms in total. The van der Waals surface area contributed by atoms with Crippen molar-refractivity contribution < 1.29 is 4.79 Å². The normalized spacial score (nSPS) is 15.9. The van der Waals surface area contributed by atoms with Crippen molar-refractivity contribution in [1.29, 1.82) is 0 Å². The summed E-state index contributed by atoms with van der Waals surface area (Å²) >= 11 is 1.27. The Kier molecular flexibility index (Phi) is 5.09. The standard InChI is InChI=1S/C12H21N5OS/c1-13-12-16-15-11(19-12)10(18)14-7-8-17(2)9-5-3-4-6-9/h9H,3-8H2,1-2H3,(H,13,16)(H,14,18). The van der Waals surface area contributed by atoms with Crippen LogP contribution in [0.3, 0.4) is 0 Å². The molecule has 1 fully saturated rings. The fourth-order valence-electron chi connectivity index (χ4n) is 2.37. The molecule has 1 aromatic heterocycles. The zero-order chi connectivity index (χ0) is 13.7. The SMILES string of the molecule is CNc1nnc(C(=O)NCCN(C)C2CCCC2)s1. The molecule has 0 spiro atoms. The second-order valence-electron chi connectivity index (χ2n) is 4.84. The number of hydrogen-bond acceptors (Lipinski definition) is 6. The number of carbonyl (C=O) groups excluding carboxylic acids is 1. The van der Waals surface area contributed by atoms with Gasteiger partial charge >= 0.3 is 0 Å². The lowest BCUT2D eigenvalue weighted by Crippen LogP contribution is -2.37. The number of amides is 1. The van der Waals surface area contributed by atoms with Crippen LogP contribution in [0.5, 0.6) is 0 Å². The molecule has 1 aliphatic rings. The number of anilines is 1. The molecule has 0 unspecified atom stereocenters. The predicted octanol–water partition coefficient (Wildman–Crippen LogP) is 1.18. The van der Waals surface area contributed by atoms with Crippen LogP contribution in [0.15, 0.2) is 0 Å². The van der Waals surface area contributed by atoms with Crippen LogP contribution in [0.2, 0.25) is 0 Å². The lowest BCUT2D eigenvalue weighted by Gasteiger charge is -2.23. The summed E-state index contributed by atoms with van der Waals surface area (Å²) in [6.45, 7) is 1.54. The van der Waals surface area contributed by atoms with Gasteiger partial charge in [-0.1, -0.05) is 24.2 Å². The van der Waals surface area contributed by atoms with Gasteiger partial charge in [0.1, 0.15) is 0 Å². The number of nitrogens with zero attached hydrogens (tertiary/aromatic N) is 3. The van der Waals surface area contributed by atoms with Crippen molar-refractivity contribution in [2.75, 3.05) is 32.5 Å². The molecule has 0 aliphatic heterocycles. The molecule has 0 atom stereocenters. The van der Waals surface area contributed by atoms with Crippen LogP contribution in [0.25, 0.3) is 0 Å². The van der Waals surface area contributed by atoms with Gasteiger partial charge in [0.15, 0.2) is 0 Å². The fraction of sp³-hybridized carbons (Fsp3) is 0.750. The summed E-state index contributed by atoms with van der Waals surface area (Å²) in [5, 5.41) is 14.5. The molecule has 1 saturated carbocycles. The van der Waals surface area contributed by atoms with Gasteiger partial charge in [-0.25, -0.2) is 0 Å². The molecule has 0 bridgehead atoms. The monoisotopic (exact) mass is 283 g/mol.